The Bertz CT molecular complexity index is 131. The monoisotopic (exact) mass is 142 g/mol. The largest absolute Gasteiger partial charge is 0.469 e. The Hall–Kier alpha value is -0.530. The molecule has 2 unspecified atom stereocenters. The fraction of sp³-hybridized carbons (Fsp3) is 0.875. The third-order valence-electron chi connectivity index (χ3n) is 2.23. The van der Waals surface area contributed by atoms with Gasteiger partial charge in [0, 0.05) is 0 Å². The molecule has 0 aromatic carbocycles. The summed E-state index contributed by atoms with van der Waals surface area (Å²) in [5.41, 5.74) is 0. The van der Waals surface area contributed by atoms with Gasteiger partial charge in [0.25, 0.3) is 0 Å². The highest BCUT2D eigenvalue weighted by atomic mass is 16.5. The minimum atomic E-state index is -0.0237. The molecule has 1 aliphatic rings. The maximum Gasteiger partial charge on any atom is 0.308 e. The molecule has 1 fully saturated rings. The van der Waals surface area contributed by atoms with Gasteiger partial charge in [0.15, 0.2) is 0 Å². The smallest absolute Gasteiger partial charge is 0.308 e. The second-order valence-electron chi connectivity index (χ2n) is 3.14. The van der Waals surface area contributed by atoms with Gasteiger partial charge in [-0.1, -0.05) is 6.92 Å². The Morgan fingerprint density at radius 1 is 1.50 bits per heavy atom. The van der Waals surface area contributed by atoms with Crippen molar-refractivity contribution in [3.8, 4) is 0 Å². The van der Waals surface area contributed by atoms with Crippen molar-refractivity contribution in [3.05, 3.63) is 0 Å². The van der Waals surface area contributed by atoms with Crippen LogP contribution >= 0.6 is 0 Å². The van der Waals surface area contributed by atoms with Crippen LogP contribution in [0.15, 0.2) is 0 Å². The van der Waals surface area contributed by atoms with E-state index in [-0.39, 0.29) is 11.9 Å². The molecule has 0 spiro atoms. The molecule has 0 aromatic heterocycles. The molecule has 0 N–H and O–H groups in total. The van der Waals surface area contributed by atoms with Gasteiger partial charge in [-0.3, -0.25) is 4.79 Å². The van der Waals surface area contributed by atoms with Gasteiger partial charge in [-0.25, -0.2) is 0 Å². The van der Waals surface area contributed by atoms with Gasteiger partial charge in [-0.05, 0) is 25.2 Å². The highest BCUT2D eigenvalue weighted by Crippen LogP contribution is 2.30. The van der Waals surface area contributed by atoms with Crippen LogP contribution in [-0.2, 0) is 9.53 Å². The van der Waals surface area contributed by atoms with Crippen molar-refractivity contribution >= 4 is 5.97 Å². The summed E-state index contributed by atoms with van der Waals surface area (Å²) >= 11 is 0. The van der Waals surface area contributed by atoms with Crippen LogP contribution in [-0.4, -0.2) is 13.1 Å². The minimum Gasteiger partial charge on any atom is -0.469 e. The Balaban J connectivity index is 2.37. The molecule has 2 heteroatoms. The van der Waals surface area contributed by atoms with Crippen molar-refractivity contribution in [2.75, 3.05) is 7.11 Å². The summed E-state index contributed by atoms with van der Waals surface area (Å²) in [4.78, 5) is 10.9. The number of rotatable bonds is 1. The SMILES string of the molecule is COC(=O)C1CCC(C)C1. The molecule has 0 radical (unpaired) electrons. The number of hydrogen-bond donors (Lipinski definition) is 0. The summed E-state index contributed by atoms with van der Waals surface area (Å²) in [5.74, 6) is 0.883. The van der Waals surface area contributed by atoms with Crippen LogP contribution in [0.4, 0.5) is 0 Å². The lowest BCUT2D eigenvalue weighted by atomic mass is 10.1. The van der Waals surface area contributed by atoms with Gasteiger partial charge in [-0.2, -0.15) is 0 Å². The van der Waals surface area contributed by atoms with E-state index in [1.807, 2.05) is 0 Å². The summed E-state index contributed by atoms with van der Waals surface area (Å²) in [6.07, 6.45) is 3.22. The van der Waals surface area contributed by atoms with Gasteiger partial charge in [0.2, 0.25) is 0 Å². The zero-order valence-electron chi connectivity index (χ0n) is 6.59. The fourth-order valence-electron chi connectivity index (χ4n) is 1.59. The standard InChI is InChI=1S/C8H14O2/c1-6-3-4-7(5-6)8(9)10-2/h6-7H,3-5H2,1-2H3. The molecule has 0 heterocycles. The zero-order valence-corrected chi connectivity index (χ0v) is 6.59. The number of carbonyl (C=O) groups is 1. The number of ether oxygens (including phenoxy) is 1. The van der Waals surface area contributed by atoms with Gasteiger partial charge in [0.1, 0.15) is 0 Å². The van der Waals surface area contributed by atoms with Crippen molar-refractivity contribution in [3.63, 3.8) is 0 Å². The summed E-state index contributed by atoms with van der Waals surface area (Å²) in [6.45, 7) is 2.18. The van der Waals surface area contributed by atoms with Crippen molar-refractivity contribution in [2.24, 2.45) is 11.8 Å². The van der Waals surface area contributed by atoms with Crippen LogP contribution in [0.3, 0.4) is 0 Å². The average molecular weight is 142 g/mol. The molecule has 0 aromatic rings. The van der Waals surface area contributed by atoms with Crippen LogP contribution in [0, 0.1) is 11.8 Å². The predicted octanol–water partition coefficient (Wildman–Crippen LogP) is 1.60. The first-order chi connectivity index (χ1) is 4.74. The van der Waals surface area contributed by atoms with E-state index in [0.29, 0.717) is 5.92 Å². The van der Waals surface area contributed by atoms with Crippen molar-refractivity contribution < 1.29 is 9.53 Å². The summed E-state index contributed by atoms with van der Waals surface area (Å²) in [6, 6.07) is 0. The molecule has 10 heavy (non-hydrogen) atoms. The Morgan fingerprint density at radius 3 is 2.60 bits per heavy atom. The topological polar surface area (TPSA) is 26.3 Å². The molecule has 1 saturated carbocycles. The lowest BCUT2D eigenvalue weighted by Gasteiger charge is -2.04. The quantitative estimate of drug-likeness (QED) is 0.520. The molecule has 1 aliphatic carbocycles. The lowest BCUT2D eigenvalue weighted by Crippen LogP contribution is -2.12. The first-order valence-electron chi connectivity index (χ1n) is 3.82. The van der Waals surface area contributed by atoms with E-state index in [2.05, 4.69) is 11.7 Å². The van der Waals surface area contributed by atoms with Crippen molar-refractivity contribution in [1.82, 2.24) is 0 Å². The molecular weight excluding hydrogens is 128 g/mol. The molecule has 2 nitrogen and oxygen atoms in total. The first kappa shape index (κ1) is 7.58. The average Bonchev–Trinajstić information content (AvgIpc) is 2.34. The van der Waals surface area contributed by atoms with E-state index < -0.39 is 0 Å². The van der Waals surface area contributed by atoms with Crippen LogP contribution in [0.5, 0.6) is 0 Å². The van der Waals surface area contributed by atoms with Crippen LogP contribution < -0.4 is 0 Å². The predicted molar refractivity (Wildman–Crippen MR) is 38.5 cm³/mol. The summed E-state index contributed by atoms with van der Waals surface area (Å²) < 4.78 is 4.64. The highest BCUT2D eigenvalue weighted by molar-refractivity contribution is 5.72. The third kappa shape index (κ3) is 1.49. The van der Waals surface area contributed by atoms with E-state index in [1.54, 1.807) is 0 Å². The third-order valence-corrected chi connectivity index (χ3v) is 2.23. The summed E-state index contributed by atoms with van der Waals surface area (Å²) in [7, 11) is 1.46. The van der Waals surface area contributed by atoms with E-state index in [9.17, 15) is 4.79 Å². The zero-order chi connectivity index (χ0) is 7.56. The normalized spacial score (nSPS) is 32.2. The molecule has 2 atom stereocenters. The molecule has 0 aliphatic heterocycles. The molecule has 0 bridgehead atoms. The van der Waals surface area contributed by atoms with Crippen LogP contribution in [0.2, 0.25) is 0 Å². The molecule has 0 saturated heterocycles. The number of carbonyl (C=O) groups excluding carboxylic acids is 1. The summed E-state index contributed by atoms with van der Waals surface area (Å²) in [5, 5.41) is 0. The number of hydrogen-bond acceptors (Lipinski definition) is 2. The van der Waals surface area contributed by atoms with Gasteiger partial charge >= 0.3 is 5.97 Å². The van der Waals surface area contributed by atoms with Gasteiger partial charge < -0.3 is 4.74 Å². The van der Waals surface area contributed by atoms with Crippen molar-refractivity contribution in [2.45, 2.75) is 26.2 Å². The van der Waals surface area contributed by atoms with Crippen LogP contribution in [0.1, 0.15) is 26.2 Å². The Labute approximate surface area is 61.6 Å². The molecule has 1 rings (SSSR count). The van der Waals surface area contributed by atoms with E-state index in [1.165, 1.54) is 13.5 Å². The van der Waals surface area contributed by atoms with Crippen LogP contribution in [0.25, 0.3) is 0 Å². The van der Waals surface area contributed by atoms with Crippen molar-refractivity contribution in [1.29, 1.82) is 0 Å². The molecule has 58 valence electrons. The molecule has 0 amide bonds. The van der Waals surface area contributed by atoms with Gasteiger partial charge in [0.05, 0.1) is 13.0 Å². The molecular formula is C8H14O2. The lowest BCUT2D eigenvalue weighted by molar-refractivity contribution is -0.145. The number of methoxy groups -OCH3 is 1. The van der Waals surface area contributed by atoms with E-state index in [0.717, 1.165) is 12.8 Å². The Morgan fingerprint density at radius 2 is 2.20 bits per heavy atom. The highest BCUT2D eigenvalue weighted by Gasteiger charge is 2.27. The number of esters is 1. The maximum absolute atomic E-state index is 10.9. The second-order valence-corrected chi connectivity index (χ2v) is 3.14. The van der Waals surface area contributed by atoms with Gasteiger partial charge in [-0.15, -0.1) is 0 Å². The Kier molecular flexibility index (Phi) is 2.30. The fourth-order valence-corrected chi connectivity index (χ4v) is 1.59. The maximum atomic E-state index is 10.9. The first-order valence-corrected chi connectivity index (χ1v) is 3.82. The minimum absolute atomic E-state index is 0.0237. The van der Waals surface area contributed by atoms with E-state index >= 15 is 0 Å². The van der Waals surface area contributed by atoms with E-state index in [4.69, 9.17) is 0 Å². The second kappa shape index (κ2) is 3.04.